The van der Waals surface area contributed by atoms with E-state index in [1.165, 1.54) is 11.1 Å². The van der Waals surface area contributed by atoms with E-state index in [1.54, 1.807) is 0 Å². The average molecular weight is 186 g/mol. The molecule has 0 amide bonds. The van der Waals surface area contributed by atoms with Gasteiger partial charge >= 0.3 is 0 Å². The standard InChI is InChI=1S/C13H16N/c1-13(2)10-14-9-8-12(13)11-6-4-3-5-7-11/h3-8H,9-10H2,1-2H3. The fourth-order valence-corrected chi connectivity index (χ4v) is 1.99. The Labute approximate surface area is 85.8 Å². The van der Waals surface area contributed by atoms with Crippen molar-refractivity contribution in [3.05, 3.63) is 42.0 Å². The highest BCUT2D eigenvalue weighted by molar-refractivity contribution is 5.70. The Morgan fingerprint density at radius 3 is 2.50 bits per heavy atom. The van der Waals surface area contributed by atoms with Crippen LogP contribution in [0.3, 0.4) is 0 Å². The van der Waals surface area contributed by atoms with E-state index in [-0.39, 0.29) is 5.41 Å². The van der Waals surface area contributed by atoms with Gasteiger partial charge in [-0.3, -0.25) is 0 Å². The van der Waals surface area contributed by atoms with Crippen molar-refractivity contribution in [2.75, 3.05) is 13.1 Å². The lowest BCUT2D eigenvalue weighted by molar-refractivity contribution is 0.440. The maximum absolute atomic E-state index is 4.43. The van der Waals surface area contributed by atoms with Gasteiger partial charge in [-0.05, 0) is 11.1 Å². The summed E-state index contributed by atoms with van der Waals surface area (Å²) in [6.07, 6.45) is 2.25. The Morgan fingerprint density at radius 1 is 1.14 bits per heavy atom. The van der Waals surface area contributed by atoms with Gasteiger partial charge in [0.1, 0.15) is 0 Å². The zero-order valence-electron chi connectivity index (χ0n) is 8.83. The van der Waals surface area contributed by atoms with Crippen molar-refractivity contribution in [3.63, 3.8) is 0 Å². The normalized spacial score (nSPS) is 20.3. The van der Waals surface area contributed by atoms with E-state index in [2.05, 4.69) is 55.6 Å². The molecule has 1 radical (unpaired) electrons. The van der Waals surface area contributed by atoms with Gasteiger partial charge < -0.3 is 0 Å². The van der Waals surface area contributed by atoms with E-state index in [9.17, 15) is 0 Å². The van der Waals surface area contributed by atoms with E-state index in [0.717, 1.165) is 13.1 Å². The molecule has 2 rings (SSSR count). The molecule has 14 heavy (non-hydrogen) atoms. The van der Waals surface area contributed by atoms with E-state index >= 15 is 0 Å². The Balaban J connectivity index is 2.38. The molecule has 1 heterocycles. The van der Waals surface area contributed by atoms with Gasteiger partial charge in [-0.25, -0.2) is 5.32 Å². The van der Waals surface area contributed by atoms with Crippen LogP contribution in [-0.4, -0.2) is 13.1 Å². The van der Waals surface area contributed by atoms with Crippen LogP contribution in [0.4, 0.5) is 0 Å². The largest absolute Gasteiger partial charge is 0.237 e. The van der Waals surface area contributed by atoms with Crippen molar-refractivity contribution < 1.29 is 0 Å². The van der Waals surface area contributed by atoms with Gasteiger partial charge in [-0.15, -0.1) is 0 Å². The summed E-state index contributed by atoms with van der Waals surface area (Å²) in [6, 6.07) is 10.6. The van der Waals surface area contributed by atoms with Gasteiger partial charge in [0, 0.05) is 18.5 Å². The fourth-order valence-electron chi connectivity index (χ4n) is 1.99. The van der Waals surface area contributed by atoms with Gasteiger partial charge in [-0.1, -0.05) is 50.3 Å². The lowest BCUT2D eigenvalue weighted by atomic mass is 9.78. The molecule has 0 aromatic heterocycles. The van der Waals surface area contributed by atoms with Gasteiger partial charge in [0.2, 0.25) is 0 Å². The summed E-state index contributed by atoms with van der Waals surface area (Å²) in [6.45, 7) is 6.32. The van der Waals surface area contributed by atoms with Gasteiger partial charge in [0.15, 0.2) is 0 Å². The van der Waals surface area contributed by atoms with Crippen molar-refractivity contribution in [2.24, 2.45) is 5.41 Å². The molecule has 0 fully saturated rings. The SMILES string of the molecule is CC1(C)C[N]CC=C1c1ccccc1. The summed E-state index contributed by atoms with van der Waals surface area (Å²) in [5.74, 6) is 0. The summed E-state index contributed by atoms with van der Waals surface area (Å²) in [4.78, 5) is 0. The first-order valence-corrected chi connectivity index (χ1v) is 5.09. The zero-order chi connectivity index (χ0) is 10.0. The lowest BCUT2D eigenvalue weighted by Crippen LogP contribution is -2.30. The third-order valence-electron chi connectivity index (χ3n) is 2.75. The molecule has 0 unspecified atom stereocenters. The van der Waals surface area contributed by atoms with Crippen LogP contribution < -0.4 is 5.32 Å². The Morgan fingerprint density at radius 2 is 1.86 bits per heavy atom. The molecule has 0 aliphatic carbocycles. The molecule has 73 valence electrons. The Hall–Kier alpha value is -1.08. The smallest absolute Gasteiger partial charge is 0.0320 e. The van der Waals surface area contributed by atoms with Crippen molar-refractivity contribution >= 4 is 5.57 Å². The molecule has 1 heteroatoms. The molecule has 1 aliphatic heterocycles. The van der Waals surface area contributed by atoms with Crippen LogP contribution in [0.2, 0.25) is 0 Å². The van der Waals surface area contributed by atoms with Crippen molar-refractivity contribution in [1.29, 1.82) is 0 Å². The maximum atomic E-state index is 4.43. The van der Waals surface area contributed by atoms with Crippen molar-refractivity contribution in [3.8, 4) is 0 Å². The lowest BCUT2D eigenvalue weighted by Gasteiger charge is -2.31. The molecule has 1 aromatic carbocycles. The number of hydrogen-bond donors (Lipinski definition) is 0. The number of hydrogen-bond acceptors (Lipinski definition) is 0. The molecule has 0 N–H and O–H groups in total. The van der Waals surface area contributed by atoms with Crippen LogP contribution in [0.25, 0.3) is 5.57 Å². The van der Waals surface area contributed by atoms with Gasteiger partial charge in [0.05, 0.1) is 0 Å². The van der Waals surface area contributed by atoms with E-state index in [4.69, 9.17) is 0 Å². The van der Waals surface area contributed by atoms with Crippen molar-refractivity contribution in [1.82, 2.24) is 5.32 Å². The number of nitrogens with zero attached hydrogens (tertiary/aromatic N) is 1. The molecule has 1 nitrogen and oxygen atoms in total. The maximum Gasteiger partial charge on any atom is 0.0320 e. The molecule has 0 saturated carbocycles. The van der Waals surface area contributed by atoms with Gasteiger partial charge in [-0.2, -0.15) is 0 Å². The van der Waals surface area contributed by atoms with E-state index < -0.39 is 0 Å². The second-order valence-electron chi connectivity index (χ2n) is 4.43. The molecular weight excluding hydrogens is 170 g/mol. The highest BCUT2D eigenvalue weighted by Gasteiger charge is 2.26. The minimum absolute atomic E-state index is 0.194. The first-order chi connectivity index (χ1) is 6.70. The third-order valence-corrected chi connectivity index (χ3v) is 2.75. The summed E-state index contributed by atoms with van der Waals surface area (Å²) >= 11 is 0. The predicted octanol–water partition coefficient (Wildman–Crippen LogP) is 2.71. The zero-order valence-corrected chi connectivity index (χ0v) is 8.83. The minimum atomic E-state index is 0.194. The first kappa shape index (κ1) is 9.47. The Kier molecular flexibility index (Phi) is 2.42. The summed E-state index contributed by atoms with van der Waals surface area (Å²) in [7, 11) is 0. The van der Waals surface area contributed by atoms with Crippen LogP contribution in [-0.2, 0) is 0 Å². The van der Waals surface area contributed by atoms with Crippen LogP contribution in [0.5, 0.6) is 0 Å². The van der Waals surface area contributed by atoms with Crippen LogP contribution in [0.1, 0.15) is 19.4 Å². The summed E-state index contributed by atoms with van der Waals surface area (Å²) in [5.41, 5.74) is 2.97. The fraction of sp³-hybridized carbons (Fsp3) is 0.385. The quantitative estimate of drug-likeness (QED) is 0.640. The molecule has 0 bridgehead atoms. The van der Waals surface area contributed by atoms with E-state index in [0.29, 0.717) is 0 Å². The molecule has 0 spiro atoms. The molecule has 1 aromatic rings. The van der Waals surface area contributed by atoms with Crippen LogP contribution in [0, 0.1) is 5.41 Å². The monoisotopic (exact) mass is 186 g/mol. The predicted molar refractivity (Wildman–Crippen MR) is 60.1 cm³/mol. The molecular formula is C13H16N. The number of benzene rings is 1. The highest BCUT2D eigenvalue weighted by Crippen LogP contribution is 2.35. The summed E-state index contributed by atoms with van der Waals surface area (Å²) in [5, 5.41) is 4.43. The second kappa shape index (κ2) is 3.58. The Bertz CT molecular complexity index is 336. The summed E-state index contributed by atoms with van der Waals surface area (Å²) < 4.78 is 0. The van der Waals surface area contributed by atoms with Crippen LogP contribution in [0.15, 0.2) is 36.4 Å². The topological polar surface area (TPSA) is 14.1 Å². The average Bonchev–Trinajstić information content (AvgIpc) is 2.18. The molecule has 0 saturated heterocycles. The van der Waals surface area contributed by atoms with E-state index in [1.807, 2.05) is 0 Å². The molecule has 0 atom stereocenters. The first-order valence-electron chi connectivity index (χ1n) is 5.09. The number of rotatable bonds is 1. The second-order valence-corrected chi connectivity index (χ2v) is 4.43. The third kappa shape index (κ3) is 1.73. The highest BCUT2D eigenvalue weighted by atomic mass is 14.9. The van der Waals surface area contributed by atoms with Crippen LogP contribution >= 0.6 is 0 Å². The molecule has 1 aliphatic rings. The van der Waals surface area contributed by atoms with Gasteiger partial charge in [0.25, 0.3) is 0 Å². The van der Waals surface area contributed by atoms with Crippen molar-refractivity contribution in [2.45, 2.75) is 13.8 Å². The minimum Gasteiger partial charge on any atom is -0.237 e.